The fraction of sp³-hybridized carbons (Fsp3) is 0.240. The van der Waals surface area contributed by atoms with Crippen molar-refractivity contribution in [2.75, 3.05) is 11.9 Å². The normalized spacial score (nSPS) is 11.8. The van der Waals surface area contributed by atoms with E-state index in [4.69, 9.17) is 23.2 Å². The van der Waals surface area contributed by atoms with Crippen LogP contribution in [0.1, 0.15) is 36.5 Å². The maximum absolute atomic E-state index is 13.5. The Morgan fingerprint density at radius 3 is 2.35 bits per heavy atom. The van der Waals surface area contributed by atoms with Crippen molar-refractivity contribution >= 4 is 60.7 Å². The molecule has 3 aromatic carbocycles. The van der Waals surface area contributed by atoms with Crippen molar-refractivity contribution in [3.05, 3.63) is 91.9 Å². The highest BCUT2D eigenvalue weighted by Gasteiger charge is 2.28. The van der Waals surface area contributed by atoms with E-state index < -0.39 is 15.9 Å². The van der Waals surface area contributed by atoms with Gasteiger partial charge in [0.05, 0.1) is 11.4 Å². The molecule has 180 valence electrons. The average Bonchev–Trinajstić information content (AvgIpc) is 2.76. The molecule has 0 heterocycles. The Balaban J connectivity index is 1.95. The van der Waals surface area contributed by atoms with Gasteiger partial charge >= 0.3 is 0 Å². The van der Waals surface area contributed by atoms with E-state index in [1.807, 2.05) is 39.0 Å². The molecule has 5 nitrogen and oxygen atoms in total. The predicted molar refractivity (Wildman–Crippen MR) is 142 cm³/mol. The maximum Gasteiger partial charge on any atom is 0.243 e. The van der Waals surface area contributed by atoms with Crippen LogP contribution in [0.5, 0.6) is 0 Å². The van der Waals surface area contributed by atoms with Crippen molar-refractivity contribution in [2.24, 2.45) is 0 Å². The predicted octanol–water partition coefficient (Wildman–Crippen LogP) is 7.02. The van der Waals surface area contributed by atoms with E-state index >= 15 is 0 Å². The number of nitrogens with zero attached hydrogens (tertiary/aromatic N) is 1. The van der Waals surface area contributed by atoms with Crippen LogP contribution in [0.15, 0.2) is 70.0 Å². The molecule has 3 rings (SSSR count). The summed E-state index contributed by atoms with van der Waals surface area (Å²) in [6.07, 6.45) is 0. The number of anilines is 1. The van der Waals surface area contributed by atoms with Gasteiger partial charge < -0.3 is 5.32 Å². The maximum atomic E-state index is 13.5. The molecule has 0 radical (unpaired) electrons. The van der Waals surface area contributed by atoms with E-state index in [1.165, 1.54) is 12.1 Å². The van der Waals surface area contributed by atoms with Crippen LogP contribution < -0.4 is 5.32 Å². The molecule has 0 fully saturated rings. The summed E-state index contributed by atoms with van der Waals surface area (Å²) >= 11 is 15.6. The summed E-state index contributed by atoms with van der Waals surface area (Å²) in [4.78, 5) is 13.2. The van der Waals surface area contributed by atoms with E-state index in [2.05, 4.69) is 21.2 Å². The second kappa shape index (κ2) is 11.2. The number of rotatable bonds is 8. The number of amides is 1. The fourth-order valence-corrected chi connectivity index (χ4v) is 5.61. The van der Waals surface area contributed by atoms with Crippen LogP contribution >= 0.6 is 39.1 Å². The molecular formula is C25H25BrCl2N2O3S. The average molecular weight is 584 g/mol. The van der Waals surface area contributed by atoms with Crippen LogP contribution in [0.4, 0.5) is 5.69 Å². The van der Waals surface area contributed by atoms with Gasteiger partial charge in [0.15, 0.2) is 0 Å². The fourth-order valence-electron chi connectivity index (χ4n) is 3.50. The lowest BCUT2D eigenvalue weighted by Crippen LogP contribution is -2.38. The number of para-hydroxylation sites is 1. The first-order valence-corrected chi connectivity index (χ1v) is 13.6. The second-order valence-electron chi connectivity index (χ2n) is 8.20. The van der Waals surface area contributed by atoms with Gasteiger partial charge in [-0.2, -0.15) is 4.31 Å². The first-order chi connectivity index (χ1) is 16.0. The molecule has 1 N–H and O–H groups in total. The third-order valence-corrected chi connectivity index (χ3v) is 8.25. The standard InChI is InChI=1S/C25H25BrCl2N2O3S/c1-16(2)22-6-4-5-17(3)25(22)29-24(31)15-30(14-18-7-10-20(27)13-23(18)28)34(32,33)21-11-8-19(26)9-12-21/h4-13,16H,14-15H2,1-3H3,(H,29,31). The van der Waals surface area contributed by atoms with Crippen molar-refractivity contribution in [3.63, 3.8) is 0 Å². The minimum atomic E-state index is -4.01. The molecule has 0 unspecified atom stereocenters. The molecule has 0 aliphatic heterocycles. The van der Waals surface area contributed by atoms with Crippen LogP contribution in [0.2, 0.25) is 10.0 Å². The lowest BCUT2D eigenvalue weighted by atomic mass is 9.98. The van der Waals surface area contributed by atoms with Crippen LogP contribution in [0.3, 0.4) is 0 Å². The molecule has 9 heteroatoms. The lowest BCUT2D eigenvalue weighted by molar-refractivity contribution is -0.116. The van der Waals surface area contributed by atoms with Crippen molar-refractivity contribution < 1.29 is 13.2 Å². The Morgan fingerprint density at radius 1 is 1.06 bits per heavy atom. The summed E-state index contributed by atoms with van der Waals surface area (Å²) in [6.45, 7) is 5.51. The highest BCUT2D eigenvalue weighted by molar-refractivity contribution is 9.10. The zero-order chi connectivity index (χ0) is 25.0. The zero-order valence-electron chi connectivity index (χ0n) is 19.0. The summed E-state index contributed by atoms with van der Waals surface area (Å²) in [5.74, 6) is -0.257. The molecule has 0 spiro atoms. The summed E-state index contributed by atoms with van der Waals surface area (Å²) in [7, 11) is -4.01. The largest absolute Gasteiger partial charge is 0.324 e. The van der Waals surface area contributed by atoms with Gasteiger partial charge in [0.2, 0.25) is 15.9 Å². The first kappa shape index (κ1) is 26.7. The number of aryl methyl sites for hydroxylation is 1. The highest BCUT2D eigenvalue weighted by atomic mass is 79.9. The van der Waals surface area contributed by atoms with E-state index in [1.54, 1.807) is 30.3 Å². The number of sulfonamides is 1. The van der Waals surface area contributed by atoms with Gasteiger partial charge in [-0.1, -0.05) is 77.2 Å². The second-order valence-corrected chi connectivity index (χ2v) is 11.9. The third kappa shape index (κ3) is 6.40. The first-order valence-electron chi connectivity index (χ1n) is 10.6. The highest BCUT2D eigenvalue weighted by Crippen LogP contribution is 2.29. The van der Waals surface area contributed by atoms with Crippen molar-refractivity contribution in [2.45, 2.75) is 38.1 Å². The number of carbonyl (C=O) groups is 1. The number of hydrogen-bond acceptors (Lipinski definition) is 3. The van der Waals surface area contributed by atoms with Crippen LogP contribution in [0, 0.1) is 6.92 Å². The monoisotopic (exact) mass is 582 g/mol. The molecule has 1 amide bonds. The van der Waals surface area contributed by atoms with Gasteiger partial charge in [0.25, 0.3) is 0 Å². The van der Waals surface area contributed by atoms with E-state index in [0.29, 0.717) is 21.3 Å². The molecule has 0 aliphatic rings. The van der Waals surface area contributed by atoms with Gasteiger partial charge in [0.1, 0.15) is 0 Å². The number of nitrogens with one attached hydrogen (secondary N) is 1. The number of halogens is 3. The van der Waals surface area contributed by atoms with Crippen LogP contribution in [0.25, 0.3) is 0 Å². The Morgan fingerprint density at radius 2 is 1.74 bits per heavy atom. The summed E-state index contributed by atoms with van der Waals surface area (Å²) in [6, 6.07) is 16.9. The third-order valence-electron chi connectivity index (χ3n) is 5.32. The molecule has 3 aromatic rings. The van der Waals surface area contributed by atoms with Crippen molar-refractivity contribution in [3.8, 4) is 0 Å². The van der Waals surface area contributed by atoms with Gasteiger partial charge in [-0.25, -0.2) is 8.42 Å². The van der Waals surface area contributed by atoms with Gasteiger partial charge in [-0.3, -0.25) is 4.79 Å². The number of hydrogen-bond donors (Lipinski definition) is 1. The van der Waals surface area contributed by atoms with E-state index in [0.717, 1.165) is 19.9 Å². The zero-order valence-corrected chi connectivity index (χ0v) is 22.9. The summed E-state index contributed by atoms with van der Waals surface area (Å²) in [5, 5.41) is 3.69. The molecule has 0 aromatic heterocycles. The Hall–Kier alpha value is -1.90. The Bertz CT molecular complexity index is 1300. The minimum Gasteiger partial charge on any atom is -0.324 e. The Kier molecular flexibility index (Phi) is 8.82. The van der Waals surface area contributed by atoms with Crippen LogP contribution in [-0.2, 0) is 21.4 Å². The Labute approximate surface area is 219 Å². The molecule has 0 atom stereocenters. The number of carbonyl (C=O) groups excluding carboxylic acids is 1. The molecule has 34 heavy (non-hydrogen) atoms. The summed E-state index contributed by atoms with van der Waals surface area (Å²) < 4.78 is 28.9. The SMILES string of the molecule is Cc1cccc(C(C)C)c1NC(=O)CN(Cc1ccc(Cl)cc1Cl)S(=O)(=O)c1ccc(Br)cc1. The molecular weight excluding hydrogens is 559 g/mol. The molecule has 0 bridgehead atoms. The minimum absolute atomic E-state index is 0.0762. The molecule has 0 saturated carbocycles. The van der Waals surface area contributed by atoms with E-state index in [9.17, 15) is 13.2 Å². The van der Waals surface area contributed by atoms with Gasteiger partial charge in [-0.05, 0) is 65.9 Å². The number of benzene rings is 3. The molecule has 0 aliphatic carbocycles. The quantitative estimate of drug-likeness (QED) is 0.310. The van der Waals surface area contributed by atoms with Crippen LogP contribution in [-0.4, -0.2) is 25.2 Å². The van der Waals surface area contributed by atoms with Crippen molar-refractivity contribution in [1.29, 1.82) is 0 Å². The topological polar surface area (TPSA) is 66.5 Å². The van der Waals surface area contributed by atoms with Gasteiger partial charge in [0, 0.05) is 26.8 Å². The smallest absolute Gasteiger partial charge is 0.243 e. The lowest BCUT2D eigenvalue weighted by Gasteiger charge is -2.23. The van der Waals surface area contributed by atoms with Gasteiger partial charge in [-0.15, -0.1) is 0 Å². The summed E-state index contributed by atoms with van der Waals surface area (Å²) in [5.41, 5.74) is 3.13. The van der Waals surface area contributed by atoms with E-state index in [-0.39, 0.29) is 23.9 Å². The van der Waals surface area contributed by atoms with Crippen molar-refractivity contribution in [1.82, 2.24) is 4.31 Å². The molecule has 0 saturated heterocycles.